The highest BCUT2D eigenvalue weighted by Gasteiger charge is 2.28. The van der Waals surface area contributed by atoms with Gasteiger partial charge in [0.15, 0.2) is 0 Å². The number of ether oxygens (including phenoxy) is 1. The maximum Gasteiger partial charge on any atom is 0.328 e. The highest BCUT2D eigenvalue weighted by atomic mass is 19.1. The van der Waals surface area contributed by atoms with Gasteiger partial charge in [0.05, 0.1) is 7.11 Å². The van der Waals surface area contributed by atoms with Gasteiger partial charge in [-0.3, -0.25) is 9.59 Å². The SMILES string of the molecule is COC(=O)[C@H](CC(C)C)NC(=O)[C@@H](Cc1ccccc1F)NC(C)=O. The monoisotopic (exact) mass is 352 g/mol. The van der Waals surface area contributed by atoms with E-state index < -0.39 is 35.7 Å². The molecule has 0 spiro atoms. The van der Waals surface area contributed by atoms with Crippen molar-refractivity contribution in [1.82, 2.24) is 10.6 Å². The van der Waals surface area contributed by atoms with E-state index in [0.717, 1.165) is 0 Å². The Hall–Kier alpha value is -2.44. The van der Waals surface area contributed by atoms with Crippen LogP contribution in [-0.4, -0.2) is 37.0 Å². The summed E-state index contributed by atoms with van der Waals surface area (Å²) in [7, 11) is 1.24. The Balaban J connectivity index is 2.93. The largest absolute Gasteiger partial charge is 0.467 e. The molecule has 0 aromatic heterocycles. The Morgan fingerprint density at radius 1 is 1.12 bits per heavy atom. The van der Waals surface area contributed by atoms with Crippen LogP contribution in [0.15, 0.2) is 24.3 Å². The number of carbonyl (C=O) groups excluding carboxylic acids is 3. The summed E-state index contributed by atoms with van der Waals surface area (Å²) in [5.74, 6) is -1.86. The van der Waals surface area contributed by atoms with Gasteiger partial charge < -0.3 is 15.4 Å². The molecule has 2 amide bonds. The van der Waals surface area contributed by atoms with Gasteiger partial charge in [-0.15, -0.1) is 0 Å². The molecule has 1 aromatic carbocycles. The fraction of sp³-hybridized carbons (Fsp3) is 0.500. The van der Waals surface area contributed by atoms with E-state index in [0.29, 0.717) is 12.0 Å². The van der Waals surface area contributed by atoms with Crippen LogP contribution in [0.3, 0.4) is 0 Å². The van der Waals surface area contributed by atoms with Crippen molar-refractivity contribution in [3.8, 4) is 0 Å². The Kier molecular flexibility index (Phi) is 8.04. The van der Waals surface area contributed by atoms with Crippen LogP contribution < -0.4 is 10.6 Å². The average Bonchev–Trinajstić information content (AvgIpc) is 2.53. The minimum atomic E-state index is -0.992. The standard InChI is InChI=1S/C18H25FN2O4/c1-11(2)9-16(18(24)25-4)21-17(23)15(20-12(3)22)10-13-7-5-6-8-14(13)19/h5-8,11,15-16H,9-10H2,1-4H3,(H,20,22)(H,21,23)/t15-,16+/m1/s1. The van der Waals surface area contributed by atoms with Crippen LogP contribution >= 0.6 is 0 Å². The molecule has 7 heteroatoms. The second-order valence-electron chi connectivity index (χ2n) is 6.26. The van der Waals surface area contributed by atoms with Gasteiger partial charge in [-0.05, 0) is 24.0 Å². The van der Waals surface area contributed by atoms with Gasteiger partial charge in [0.2, 0.25) is 11.8 Å². The molecule has 2 atom stereocenters. The third-order valence-electron chi connectivity index (χ3n) is 3.59. The van der Waals surface area contributed by atoms with Crippen LogP contribution in [0.25, 0.3) is 0 Å². The molecular weight excluding hydrogens is 327 g/mol. The molecule has 0 radical (unpaired) electrons. The van der Waals surface area contributed by atoms with E-state index in [1.807, 2.05) is 13.8 Å². The molecule has 0 fully saturated rings. The number of rotatable bonds is 8. The molecule has 0 saturated heterocycles. The number of hydrogen-bond donors (Lipinski definition) is 2. The van der Waals surface area contributed by atoms with Gasteiger partial charge in [0.25, 0.3) is 0 Å². The number of benzene rings is 1. The molecule has 138 valence electrons. The maximum atomic E-state index is 13.8. The second-order valence-corrected chi connectivity index (χ2v) is 6.26. The number of nitrogens with one attached hydrogen (secondary N) is 2. The van der Waals surface area contributed by atoms with Gasteiger partial charge in [0.1, 0.15) is 17.9 Å². The summed E-state index contributed by atoms with van der Waals surface area (Å²) in [5, 5.41) is 5.09. The Morgan fingerprint density at radius 3 is 2.28 bits per heavy atom. The smallest absolute Gasteiger partial charge is 0.328 e. The molecule has 25 heavy (non-hydrogen) atoms. The topological polar surface area (TPSA) is 84.5 Å². The maximum absolute atomic E-state index is 13.8. The minimum absolute atomic E-state index is 0.0202. The second kappa shape index (κ2) is 9.76. The van der Waals surface area contributed by atoms with E-state index in [9.17, 15) is 18.8 Å². The van der Waals surface area contributed by atoms with Crippen LogP contribution in [0.2, 0.25) is 0 Å². The van der Waals surface area contributed by atoms with E-state index in [-0.39, 0.29) is 12.3 Å². The average molecular weight is 352 g/mol. The molecule has 1 rings (SSSR count). The van der Waals surface area contributed by atoms with Crippen molar-refractivity contribution in [3.05, 3.63) is 35.6 Å². The number of amides is 2. The van der Waals surface area contributed by atoms with E-state index >= 15 is 0 Å². The van der Waals surface area contributed by atoms with Gasteiger partial charge in [-0.1, -0.05) is 32.0 Å². The van der Waals surface area contributed by atoms with E-state index in [1.54, 1.807) is 18.2 Å². The highest BCUT2D eigenvalue weighted by Crippen LogP contribution is 2.11. The lowest BCUT2D eigenvalue weighted by Crippen LogP contribution is -2.52. The molecule has 6 nitrogen and oxygen atoms in total. The highest BCUT2D eigenvalue weighted by molar-refractivity contribution is 5.90. The summed E-state index contributed by atoms with van der Waals surface area (Å²) < 4.78 is 18.6. The molecular formula is C18H25FN2O4. The molecule has 0 aliphatic heterocycles. The lowest BCUT2D eigenvalue weighted by atomic mass is 10.0. The van der Waals surface area contributed by atoms with Crippen LogP contribution in [0.1, 0.15) is 32.8 Å². The first kappa shape index (κ1) is 20.6. The first-order chi connectivity index (χ1) is 11.7. The summed E-state index contributed by atoms with van der Waals surface area (Å²) in [6, 6.07) is 4.21. The lowest BCUT2D eigenvalue weighted by Gasteiger charge is -2.23. The summed E-state index contributed by atoms with van der Waals surface area (Å²) >= 11 is 0. The van der Waals surface area contributed by atoms with Crippen LogP contribution in [-0.2, 0) is 25.5 Å². The van der Waals surface area contributed by atoms with Crippen molar-refractivity contribution in [2.45, 2.75) is 45.7 Å². The summed E-state index contributed by atoms with van der Waals surface area (Å²) in [5.41, 5.74) is 0.301. The molecule has 0 heterocycles. The van der Waals surface area contributed by atoms with Crippen LogP contribution in [0.5, 0.6) is 0 Å². The number of halogens is 1. The quantitative estimate of drug-likeness (QED) is 0.696. The van der Waals surface area contributed by atoms with E-state index in [4.69, 9.17) is 4.74 Å². The van der Waals surface area contributed by atoms with Crippen LogP contribution in [0, 0.1) is 11.7 Å². The molecule has 0 bridgehead atoms. The fourth-order valence-corrected chi connectivity index (χ4v) is 2.44. The van der Waals surface area contributed by atoms with Gasteiger partial charge in [0, 0.05) is 13.3 Å². The van der Waals surface area contributed by atoms with Crippen molar-refractivity contribution >= 4 is 17.8 Å². The zero-order chi connectivity index (χ0) is 19.0. The zero-order valence-corrected chi connectivity index (χ0v) is 15.0. The third-order valence-corrected chi connectivity index (χ3v) is 3.59. The predicted octanol–water partition coefficient (Wildman–Crippen LogP) is 1.58. The lowest BCUT2D eigenvalue weighted by molar-refractivity contribution is -0.145. The van der Waals surface area contributed by atoms with E-state index in [2.05, 4.69) is 10.6 Å². The normalized spacial score (nSPS) is 13.0. The predicted molar refractivity (Wildman–Crippen MR) is 91.1 cm³/mol. The summed E-state index contributed by atoms with van der Waals surface area (Å²) in [4.78, 5) is 35.8. The Labute approximate surface area is 147 Å². The number of carbonyl (C=O) groups is 3. The third kappa shape index (κ3) is 6.91. The fourth-order valence-electron chi connectivity index (χ4n) is 2.44. The van der Waals surface area contributed by atoms with Gasteiger partial charge in [-0.25, -0.2) is 9.18 Å². The Bertz CT molecular complexity index is 619. The zero-order valence-electron chi connectivity index (χ0n) is 15.0. The van der Waals surface area contributed by atoms with Crippen molar-refractivity contribution < 1.29 is 23.5 Å². The molecule has 0 unspecified atom stereocenters. The van der Waals surface area contributed by atoms with Gasteiger partial charge >= 0.3 is 5.97 Å². The van der Waals surface area contributed by atoms with Crippen LogP contribution in [0.4, 0.5) is 4.39 Å². The first-order valence-corrected chi connectivity index (χ1v) is 8.13. The molecule has 1 aromatic rings. The molecule has 2 N–H and O–H groups in total. The minimum Gasteiger partial charge on any atom is -0.467 e. The number of esters is 1. The molecule has 0 aliphatic rings. The van der Waals surface area contributed by atoms with Crippen molar-refractivity contribution in [2.75, 3.05) is 7.11 Å². The number of methoxy groups -OCH3 is 1. The van der Waals surface area contributed by atoms with Gasteiger partial charge in [-0.2, -0.15) is 0 Å². The summed E-state index contributed by atoms with van der Waals surface area (Å²) in [6.45, 7) is 5.09. The van der Waals surface area contributed by atoms with E-state index in [1.165, 1.54) is 20.1 Å². The first-order valence-electron chi connectivity index (χ1n) is 8.13. The Morgan fingerprint density at radius 2 is 1.76 bits per heavy atom. The summed E-state index contributed by atoms with van der Waals surface area (Å²) in [6.07, 6.45) is 0.374. The van der Waals surface area contributed by atoms with Crippen molar-refractivity contribution in [1.29, 1.82) is 0 Å². The molecule has 0 saturated carbocycles. The van der Waals surface area contributed by atoms with Crippen molar-refractivity contribution in [2.24, 2.45) is 5.92 Å². The number of hydrogen-bond acceptors (Lipinski definition) is 4. The molecule has 0 aliphatic carbocycles. The van der Waals surface area contributed by atoms with Crippen molar-refractivity contribution in [3.63, 3.8) is 0 Å².